The summed E-state index contributed by atoms with van der Waals surface area (Å²) in [5.74, 6) is -0.362. The molecule has 0 spiro atoms. The molecule has 2 heteroatoms. The SMILES string of the molecule is C=CCCC=CCCOC(=O)C=C. The minimum Gasteiger partial charge on any atom is -0.462 e. The van der Waals surface area contributed by atoms with Crippen LogP contribution in [0.5, 0.6) is 0 Å². The Bertz CT molecular complexity index is 192. The summed E-state index contributed by atoms with van der Waals surface area (Å²) >= 11 is 0. The first-order chi connectivity index (χ1) is 6.31. The average molecular weight is 180 g/mol. The van der Waals surface area contributed by atoms with Gasteiger partial charge < -0.3 is 4.74 Å². The number of carbonyl (C=O) groups is 1. The highest BCUT2D eigenvalue weighted by atomic mass is 16.5. The monoisotopic (exact) mass is 180 g/mol. The first-order valence-corrected chi connectivity index (χ1v) is 4.36. The van der Waals surface area contributed by atoms with E-state index in [2.05, 4.69) is 19.2 Å². The van der Waals surface area contributed by atoms with Crippen molar-refractivity contribution < 1.29 is 9.53 Å². The maximum absolute atomic E-state index is 10.6. The lowest BCUT2D eigenvalue weighted by atomic mass is 10.2. The molecule has 13 heavy (non-hydrogen) atoms. The minimum atomic E-state index is -0.362. The lowest BCUT2D eigenvalue weighted by Crippen LogP contribution is -2.00. The van der Waals surface area contributed by atoms with Crippen LogP contribution in [0.3, 0.4) is 0 Å². The summed E-state index contributed by atoms with van der Waals surface area (Å²) in [5.41, 5.74) is 0. The first kappa shape index (κ1) is 11.7. The normalized spacial score (nSPS) is 9.85. The van der Waals surface area contributed by atoms with Crippen molar-refractivity contribution in [2.45, 2.75) is 19.3 Å². The maximum Gasteiger partial charge on any atom is 0.330 e. The molecule has 0 aliphatic rings. The molecule has 0 aromatic carbocycles. The predicted molar refractivity (Wildman–Crippen MR) is 54.3 cm³/mol. The van der Waals surface area contributed by atoms with Crippen LogP contribution in [-0.4, -0.2) is 12.6 Å². The van der Waals surface area contributed by atoms with Gasteiger partial charge in [0.15, 0.2) is 0 Å². The van der Waals surface area contributed by atoms with Crippen LogP contribution in [0.4, 0.5) is 0 Å². The highest BCUT2D eigenvalue weighted by molar-refractivity contribution is 5.81. The summed E-state index contributed by atoms with van der Waals surface area (Å²) in [6, 6.07) is 0. The number of hydrogen-bond acceptors (Lipinski definition) is 2. The molecule has 0 amide bonds. The smallest absolute Gasteiger partial charge is 0.330 e. The van der Waals surface area contributed by atoms with Crippen LogP contribution in [0.1, 0.15) is 19.3 Å². The molecule has 0 aromatic heterocycles. The van der Waals surface area contributed by atoms with Crippen molar-refractivity contribution in [2.24, 2.45) is 0 Å². The highest BCUT2D eigenvalue weighted by Crippen LogP contribution is 1.93. The zero-order valence-corrected chi connectivity index (χ0v) is 7.87. The Hall–Kier alpha value is -1.31. The van der Waals surface area contributed by atoms with Crippen LogP contribution in [0.15, 0.2) is 37.5 Å². The second-order valence-electron chi connectivity index (χ2n) is 2.50. The fraction of sp³-hybridized carbons (Fsp3) is 0.364. The summed E-state index contributed by atoms with van der Waals surface area (Å²) in [6.07, 6.45) is 9.85. The highest BCUT2D eigenvalue weighted by Gasteiger charge is 1.91. The predicted octanol–water partition coefficient (Wildman–Crippen LogP) is 2.63. The third-order valence-electron chi connectivity index (χ3n) is 1.40. The Morgan fingerprint density at radius 3 is 2.46 bits per heavy atom. The number of ether oxygens (including phenoxy) is 1. The number of hydrogen-bond donors (Lipinski definition) is 0. The third-order valence-corrected chi connectivity index (χ3v) is 1.40. The van der Waals surface area contributed by atoms with Gasteiger partial charge >= 0.3 is 5.97 Å². The van der Waals surface area contributed by atoms with E-state index in [1.54, 1.807) is 0 Å². The molecule has 0 unspecified atom stereocenters. The molecule has 0 aromatic rings. The van der Waals surface area contributed by atoms with Gasteiger partial charge in [-0.25, -0.2) is 4.79 Å². The molecule has 72 valence electrons. The lowest BCUT2D eigenvalue weighted by Gasteiger charge is -1.96. The van der Waals surface area contributed by atoms with Gasteiger partial charge in [-0.2, -0.15) is 0 Å². The summed E-state index contributed by atoms with van der Waals surface area (Å²) in [4.78, 5) is 10.6. The second-order valence-corrected chi connectivity index (χ2v) is 2.50. The molecule has 0 saturated carbocycles. The maximum atomic E-state index is 10.6. The number of esters is 1. The fourth-order valence-electron chi connectivity index (χ4n) is 0.736. The van der Waals surface area contributed by atoms with Gasteiger partial charge in [-0.15, -0.1) is 6.58 Å². The van der Waals surface area contributed by atoms with Crippen molar-refractivity contribution in [3.8, 4) is 0 Å². The fourth-order valence-corrected chi connectivity index (χ4v) is 0.736. The number of rotatable bonds is 7. The molecule has 0 aliphatic carbocycles. The van der Waals surface area contributed by atoms with E-state index in [0.717, 1.165) is 19.3 Å². The van der Waals surface area contributed by atoms with Crippen molar-refractivity contribution in [2.75, 3.05) is 6.61 Å². The van der Waals surface area contributed by atoms with Gasteiger partial charge in [0.25, 0.3) is 0 Å². The summed E-state index contributed by atoms with van der Waals surface area (Å²) in [5, 5.41) is 0. The largest absolute Gasteiger partial charge is 0.462 e. The molecule has 0 radical (unpaired) electrons. The summed E-state index contributed by atoms with van der Waals surface area (Å²) in [7, 11) is 0. The van der Waals surface area contributed by atoms with Gasteiger partial charge in [-0.1, -0.05) is 24.8 Å². The standard InChI is InChI=1S/C11H16O2/c1-3-5-6-7-8-9-10-13-11(12)4-2/h3-4,7-8H,1-2,5-6,9-10H2. The summed E-state index contributed by atoms with van der Waals surface area (Å²) < 4.78 is 4.77. The van der Waals surface area contributed by atoms with Crippen LogP contribution in [0.2, 0.25) is 0 Å². The lowest BCUT2D eigenvalue weighted by molar-refractivity contribution is -0.137. The molecule has 0 aliphatic heterocycles. The topological polar surface area (TPSA) is 26.3 Å². The molecule has 0 heterocycles. The molecule has 0 rings (SSSR count). The van der Waals surface area contributed by atoms with Crippen LogP contribution >= 0.6 is 0 Å². The minimum absolute atomic E-state index is 0.362. The molecule has 0 fully saturated rings. The van der Waals surface area contributed by atoms with E-state index in [9.17, 15) is 4.79 Å². The van der Waals surface area contributed by atoms with E-state index in [4.69, 9.17) is 4.74 Å². The number of unbranched alkanes of at least 4 members (excludes halogenated alkanes) is 1. The van der Waals surface area contributed by atoms with E-state index in [1.165, 1.54) is 6.08 Å². The molecule has 0 N–H and O–H groups in total. The number of carbonyl (C=O) groups excluding carboxylic acids is 1. The Morgan fingerprint density at radius 1 is 1.15 bits per heavy atom. The van der Waals surface area contributed by atoms with Crippen molar-refractivity contribution in [1.82, 2.24) is 0 Å². The van der Waals surface area contributed by atoms with Crippen LogP contribution in [0.25, 0.3) is 0 Å². The van der Waals surface area contributed by atoms with Crippen LogP contribution in [-0.2, 0) is 9.53 Å². The quantitative estimate of drug-likeness (QED) is 0.260. The molecule has 2 nitrogen and oxygen atoms in total. The van der Waals surface area contributed by atoms with Crippen molar-refractivity contribution in [3.63, 3.8) is 0 Å². The third kappa shape index (κ3) is 8.60. The second kappa shape index (κ2) is 8.78. The van der Waals surface area contributed by atoms with Crippen LogP contribution < -0.4 is 0 Å². The van der Waals surface area contributed by atoms with E-state index < -0.39 is 0 Å². The average Bonchev–Trinajstić information content (AvgIpc) is 2.16. The number of allylic oxidation sites excluding steroid dienone is 2. The van der Waals surface area contributed by atoms with Crippen molar-refractivity contribution in [3.05, 3.63) is 37.5 Å². The Labute approximate surface area is 79.6 Å². The Morgan fingerprint density at radius 2 is 1.85 bits per heavy atom. The zero-order valence-electron chi connectivity index (χ0n) is 7.87. The van der Waals surface area contributed by atoms with Gasteiger partial charge in [0.2, 0.25) is 0 Å². The molecule has 0 atom stereocenters. The van der Waals surface area contributed by atoms with Crippen molar-refractivity contribution in [1.29, 1.82) is 0 Å². The van der Waals surface area contributed by atoms with Gasteiger partial charge in [0.05, 0.1) is 6.61 Å². The molecule has 0 saturated heterocycles. The molecular formula is C11H16O2. The first-order valence-electron chi connectivity index (χ1n) is 4.36. The van der Waals surface area contributed by atoms with E-state index in [-0.39, 0.29) is 5.97 Å². The van der Waals surface area contributed by atoms with E-state index in [0.29, 0.717) is 6.61 Å². The molecular weight excluding hydrogens is 164 g/mol. The van der Waals surface area contributed by atoms with E-state index >= 15 is 0 Å². The van der Waals surface area contributed by atoms with Gasteiger partial charge in [-0.05, 0) is 19.3 Å². The Kier molecular flexibility index (Phi) is 7.90. The van der Waals surface area contributed by atoms with Crippen LogP contribution in [0, 0.1) is 0 Å². The Balaban J connectivity index is 3.24. The summed E-state index contributed by atoms with van der Waals surface area (Å²) in [6.45, 7) is 7.34. The van der Waals surface area contributed by atoms with Gasteiger partial charge in [0.1, 0.15) is 0 Å². The van der Waals surface area contributed by atoms with Gasteiger partial charge in [-0.3, -0.25) is 0 Å². The zero-order chi connectivity index (χ0) is 9.94. The van der Waals surface area contributed by atoms with Crippen molar-refractivity contribution >= 4 is 5.97 Å². The van der Waals surface area contributed by atoms with E-state index in [1.807, 2.05) is 12.2 Å². The van der Waals surface area contributed by atoms with Gasteiger partial charge in [0, 0.05) is 6.08 Å². The molecule has 0 bridgehead atoms.